The van der Waals surface area contributed by atoms with E-state index in [0.717, 1.165) is 0 Å². The van der Waals surface area contributed by atoms with Crippen LogP contribution in [0.25, 0.3) is 0 Å². The minimum Gasteiger partial charge on any atom is -0.854 e. The van der Waals surface area contributed by atoms with Gasteiger partial charge >= 0.3 is 18.6 Å². The molecule has 0 heterocycles. The van der Waals surface area contributed by atoms with Gasteiger partial charge in [0.1, 0.15) is 0 Å². The van der Waals surface area contributed by atoms with Crippen molar-refractivity contribution < 1.29 is 33.9 Å². The molecule has 4 heteroatoms. The Balaban J connectivity index is -0.0000000655. The molecule has 0 radical (unpaired) electrons. The van der Waals surface area contributed by atoms with Gasteiger partial charge in [-0.05, 0) is 0 Å². The summed E-state index contributed by atoms with van der Waals surface area (Å²) in [7, 11) is 0. The fourth-order valence-electron chi connectivity index (χ4n) is 0. The predicted octanol–water partition coefficient (Wildman–Crippen LogP) is 0.00560. The van der Waals surface area contributed by atoms with Crippen LogP contribution < -0.4 is 15.3 Å². The molecule has 0 bridgehead atoms. The topological polar surface area (TPSA) is 69.2 Å². The average molecular weight is 270 g/mol. The molecule has 0 aromatic heterocycles. The van der Waals surface area contributed by atoms with Crippen LogP contribution in [0.5, 0.6) is 0 Å². The predicted molar refractivity (Wildman–Crippen MR) is 59.1 cm³/mol. The normalized spacial score (nSPS) is 9.00. The molecule has 98 valence electrons. The van der Waals surface area contributed by atoms with Crippen molar-refractivity contribution in [3.05, 3.63) is 0 Å². The van der Waals surface area contributed by atoms with Crippen LogP contribution >= 0.6 is 0 Å². The standard InChI is InChI=1S/3C4H9O.V/c3*1-4(2)3-5;/h3*4H,3H2,1-2H3;/q3*-1;+3. The molecular formula is C12H27O3V. The maximum Gasteiger partial charge on any atom is 3.00 e. The third kappa shape index (κ3) is 62.8. The summed E-state index contributed by atoms with van der Waals surface area (Å²) in [6, 6.07) is 0. The molecule has 16 heavy (non-hydrogen) atoms. The van der Waals surface area contributed by atoms with Gasteiger partial charge in [-0.25, -0.2) is 0 Å². The molecule has 0 aromatic carbocycles. The Morgan fingerprint density at radius 2 is 0.625 bits per heavy atom. The molecule has 0 amide bonds. The summed E-state index contributed by atoms with van der Waals surface area (Å²) in [4.78, 5) is 0. The molecule has 0 N–H and O–H groups in total. The van der Waals surface area contributed by atoms with Crippen molar-refractivity contribution in [1.82, 2.24) is 0 Å². The van der Waals surface area contributed by atoms with Crippen LogP contribution in [0.3, 0.4) is 0 Å². The maximum absolute atomic E-state index is 9.63. The van der Waals surface area contributed by atoms with Gasteiger partial charge in [-0.1, -0.05) is 59.3 Å². The summed E-state index contributed by atoms with van der Waals surface area (Å²) in [5.74, 6) is 0.986. The molecule has 0 aliphatic carbocycles. The zero-order chi connectivity index (χ0) is 12.9. The van der Waals surface area contributed by atoms with Crippen LogP contribution in [0.1, 0.15) is 41.5 Å². The smallest absolute Gasteiger partial charge is 0.854 e. The largest absolute Gasteiger partial charge is 3.00 e. The monoisotopic (exact) mass is 270 g/mol. The summed E-state index contributed by atoms with van der Waals surface area (Å²) < 4.78 is 0. The van der Waals surface area contributed by atoms with Crippen LogP contribution in [-0.4, -0.2) is 19.8 Å². The van der Waals surface area contributed by atoms with Gasteiger partial charge in [0.2, 0.25) is 0 Å². The summed E-state index contributed by atoms with van der Waals surface area (Å²) >= 11 is 0. The fourth-order valence-corrected chi connectivity index (χ4v) is 0. The van der Waals surface area contributed by atoms with E-state index in [0.29, 0.717) is 17.8 Å². The SMILES string of the molecule is CC(C)C[O-].CC(C)C[O-].CC(C)C[O-].[V+3]. The van der Waals surface area contributed by atoms with Crippen LogP contribution in [-0.2, 0) is 18.6 Å². The van der Waals surface area contributed by atoms with Crippen molar-refractivity contribution in [1.29, 1.82) is 0 Å². The summed E-state index contributed by atoms with van der Waals surface area (Å²) in [6.45, 7) is 11.6. The van der Waals surface area contributed by atoms with Gasteiger partial charge < -0.3 is 15.3 Å². The molecule has 0 atom stereocenters. The second-order valence-electron chi connectivity index (χ2n) is 4.68. The van der Waals surface area contributed by atoms with E-state index in [9.17, 15) is 15.3 Å². The van der Waals surface area contributed by atoms with Gasteiger partial charge in [-0.3, -0.25) is 0 Å². The molecular weight excluding hydrogens is 243 g/mol. The molecule has 0 aliphatic heterocycles. The van der Waals surface area contributed by atoms with Crippen molar-refractivity contribution in [2.24, 2.45) is 17.8 Å². The Kier molecular flexibility index (Phi) is 33.0. The van der Waals surface area contributed by atoms with Crippen molar-refractivity contribution in [2.45, 2.75) is 41.5 Å². The van der Waals surface area contributed by atoms with E-state index < -0.39 is 0 Å². The molecule has 0 fully saturated rings. The molecule has 0 rings (SSSR count). The van der Waals surface area contributed by atoms with E-state index in [-0.39, 0.29) is 38.4 Å². The second-order valence-corrected chi connectivity index (χ2v) is 4.68. The molecule has 3 nitrogen and oxygen atoms in total. The van der Waals surface area contributed by atoms with Gasteiger partial charge in [0, 0.05) is 0 Å². The summed E-state index contributed by atoms with van der Waals surface area (Å²) in [6.07, 6.45) is 0. The van der Waals surface area contributed by atoms with E-state index >= 15 is 0 Å². The molecule has 0 saturated carbocycles. The summed E-state index contributed by atoms with van der Waals surface area (Å²) in [5, 5.41) is 28.9. The number of hydrogen-bond acceptors (Lipinski definition) is 3. The Hall–Kier alpha value is 0.464. The molecule has 0 unspecified atom stereocenters. The Morgan fingerprint density at radius 3 is 0.625 bits per heavy atom. The zero-order valence-electron chi connectivity index (χ0n) is 11.5. The molecule has 0 saturated heterocycles. The van der Waals surface area contributed by atoms with Crippen molar-refractivity contribution in [3.63, 3.8) is 0 Å². The zero-order valence-corrected chi connectivity index (χ0v) is 12.9. The van der Waals surface area contributed by atoms with Gasteiger partial charge in [-0.2, -0.15) is 0 Å². The number of rotatable bonds is 3. The first-order valence-electron chi connectivity index (χ1n) is 5.55. The average Bonchev–Trinajstić information content (AvgIpc) is 2.19. The van der Waals surface area contributed by atoms with Crippen LogP contribution in [0, 0.1) is 17.8 Å². The minimum absolute atomic E-state index is 0. The molecule has 0 spiro atoms. The van der Waals surface area contributed by atoms with E-state index in [1.807, 2.05) is 41.5 Å². The Bertz CT molecular complexity index is 77.2. The first-order chi connectivity index (χ1) is 6.81. The third-order valence-corrected chi connectivity index (χ3v) is 1.00. The van der Waals surface area contributed by atoms with Gasteiger partial charge in [-0.15, -0.1) is 19.8 Å². The van der Waals surface area contributed by atoms with E-state index in [1.165, 1.54) is 0 Å². The van der Waals surface area contributed by atoms with Gasteiger partial charge in [0.25, 0.3) is 0 Å². The first kappa shape index (κ1) is 25.3. The Labute approximate surface area is 113 Å². The quantitative estimate of drug-likeness (QED) is 0.725. The van der Waals surface area contributed by atoms with Gasteiger partial charge in [0.05, 0.1) is 0 Å². The maximum atomic E-state index is 9.63. The van der Waals surface area contributed by atoms with Gasteiger partial charge in [0.15, 0.2) is 0 Å². The van der Waals surface area contributed by atoms with E-state index in [2.05, 4.69) is 0 Å². The van der Waals surface area contributed by atoms with E-state index in [1.54, 1.807) is 0 Å². The Morgan fingerprint density at radius 1 is 0.562 bits per heavy atom. The molecule has 0 aromatic rings. The van der Waals surface area contributed by atoms with Crippen molar-refractivity contribution >= 4 is 0 Å². The van der Waals surface area contributed by atoms with Crippen LogP contribution in [0.4, 0.5) is 0 Å². The fraction of sp³-hybridized carbons (Fsp3) is 1.00. The van der Waals surface area contributed by atoms with E-state index in [4.69, 9.17) is 0 Å². The summed E-state index contributed by atoms with van der Waals surface area (Å²) in [5.41, 5.74) is 0. The molecule has 0 aliphatic rings. The van der Waals surface area contributed by atoms with Crippen LogP contribution in [0.2, 0.25) is 0 Å². The van der Waals surface area contributed by atoms with Crippen molar-refractivity contribution in [3.8, 4) is 0 Å². The third-order valence-electron chi connectivity index (χ3n) is 1.00. The minimum atomic E-state index is 0. The van der Waals surface area contributed by atoms with Crippen LogP contribution in [0.15, 0.2) is 0 Å². The second kappa shape index (κ2) is 20.8. The number of hydrogen-bond donors (Lipinski definition) is 0. The first-order valence-corrected chi connectivity index (χ1v) is 5.55. The van der Waals surface area contributed by atoms with Crippen molar-refractivity contribution in [2.75, 3.05) is 19.8 Å².